The standard InChI is InChI=1S/C20H26O/c1-3-4-5-6-17-7-9-18(10-8-17)11-12-19-13-15-20(21-2)16-14-19/h7-10,13-16H,3-6,11-12H2,1-2H3. The van der Waals surface area contributed by atoms with Gasteiger partial charge in [-0.25, -0.2) is 0 Å². The van der Waals surface area contributed by atoms with Crippen LogP contribution in [0.4, 0.5) is 0 Å². The number of methoxy groups -OCH3 is 1. The van der Waals surface area contributed by atoms with Gasteiger partial charge >= 0.3 is 0 Å². The van der Waals surface area contributed by atoms with Crippen molar-refractivity contribution in [1.29, 1.82) is 0 Å². The second kappa shape index (κ2) is 8.51. The monoisotopic (exact) mass is 282 g/mol. The average Bonchev–Trinajstić information content (AvgIpc) is 2.55. The number of hydrogen-bond donors (Lipinski definition) is 0. The Morgan fingerprint density at radius 1 is 0.667 bits per heavy atom. The Balaban J connectivity index is 1.82. The minimum atomic E-state index is 0.926. The fourth-order valence-corrected chi connectivity index (χ4v) is 2.53. The lowest BCUT2D eigenvalue weighted by atomic mass is 10.0. The van der Waals surface area contributed by atoms with E-state index in [2.05, 4.69) is 43.3 Å². The highest BCUT2D eigenvalue weighted by atomic mass is 16.5. The Kier molecular flexibility index (Phi) is 6.33. The van der Waals surface area contributed by atoms with Crippen LogP contribution < -0.4 is 4.74 Å². The maximum Gasteiger partial charge on any atom is 0.118 e. The van der Waals surface area contributed by atoms with Crippen LogP contribution in [0.25, 0.3) is 0 Å². The van der Waals surface area contributed by atoms with E-state index in [0.29, 0.717) is 0 Å². The molecule has 0 fully saturated rings. The molecule has 0 aliphatic rings. The minimum Gasteiger partial charge on any atom is -0.497 e. The molecule has 112 valence electrons. The van der Waals surface area contributed by atoms with Gasteiger partial charge in [-0.15, -0.1) is 0 Å². The first-order valence-corrected chi connectivity index (χ1v) is 8.02. The molecule has 1 heteroatoms. The zero-order chi connectivity index (χ0) is 14.9. The van der Waals surface area contributed by atoms with Gasteiger partial charge in [0.2, 0.25) is 0 Å². The number of ether oxygens (including phenoxy) is 1. The molecule has 0 unspecified atom stereocenters. The third-order valence-corrected chi connectivity index (χ3v) is 3.95. The average molecular weight is 282 g/mol. The van der Waals surface area contributed by atoms with Gasteiger partial charge in [-0.3, -0.25) is 0 Å². The van der Waals surface area contributed by atoms with Crippen molar-refractivity contribution in [3.63, 3.8) is 0 Å². The highest BCUT2D eigenvalue weighted by Crippen LogP contribution is 2.14. The SMILES string of the molecule is CCCCCc1ccc(CCc2ccc(OC)cc2)cc1. The van der Waals surface area contributed by atoms with E-state index >= 15 is 0 Å². The fourth-order valence-electron chi connectivity index (χ4n) is 2.53. The summed E-state index contributed by atoms with van der Waals surface area (Å²) in [7, 11) is 1.71. The van der Waals surface area contributed by atoms with E-state index in [-0.39, 0.29) is 0 Å². The smallest absolute Gasteiger partial charge is 0.118 e. The zero-order valence-electron chi connectivity index (χ0n) is 13.3. The van der Waals surface area contributed by atoms with Crippen molar-refractivity contribution < 1.29 is 4.74 Å². The molecule has 0 atom stereocenters. The van der Waals surface area contributed by atoms with E-state index in [1.165, 1.54) is 42.4 Å². The number of unbranched alkanes of at least 4 members (excludes halogenated alkanes) is 2. The molecule has 2 aromatic carbocycles. The fraction of sp³-hybridized carbons (Fsp3) is 0.400. The van der Waals surface area contributed by atoms with E-state index < -0.39 is 0 Å². The first kappa shape index (κ1) is 15.6. The van der Waals surface area contributed by atoms with Crippen LogP contribution in [-0.2, 0) is 19.3 Å². The van der Waals surface area contributed by atoms with Gasteiger partial charge in [0.1, 0.15) is 5.75 Å². The Hall–Kier alpha value is -1.76. The Morgan fingerprint density at radius 3 is 1.62 bits per heavy atom. The molecule has 2 aromatic rings. The highest BCUT2D eigenvalue weighted by molar-refractivity contribution is 5.29. The summed E-state index contributed by atoms with van der Waals surface area (Å²) in [5.74, 6) is 0.926. The number of aryl methyl sites for hydroxylation is 3. The molecule has 21 heavy (non-hydrogen) atoms. The lowest BCUT2D eigenvalue weighted by Crippen LogP contribution is -1.93. The van der Waals surface area contributed by atoms with Crippen molar-refractivity contribution in [3.05, 3.63) is 65.2 Å². The number of benzene rings is 2. The normalized spacial score (nSPS) is 10.6. The quantitative estimate of drug-likeness (QED) is 0.604. The van der Waals surface area contributed by atoms with Crippen LogP contribution in [0.15, 0.2) is 48.5 Å². The summed E-state index contributed by atoms with van der Waals surface area (Å²) in [6.45, 7) is 2.25. The van der Waals surface area contributed by atoms with Crippen molar-refractivity contribution in [1.82, 2.24) is 0 Å². The molecule has 0 aromatic heterocycles. The van der Waals surface area contributed by atoms with Gasteiger partial charge in [0.25, 0.3) is 0 Å². The second-order valence-corrected chi connectivity index (χ2v) is 5.62. The summed E-state index contributed by atoms with van der Waals surface area (Å²) in [6.07, 6.45) is 7.33. The minimum absolute atomic E-state index is 0.926. The Labute approximate surface area is 129 Å². The summed E-state index contributed by atoms with van der Waals surface area (Å²) in [5.41, 5.74) is 4.25. The van der Waals surface area contributed by atoms with Crippen molar-refractivity contribution in [3.8, 4) is 5.75 Å². The van der Waals surface area contributed by atoms with Crippen molar-refractivity contribution in [2.75, 3.05) is 7.11 Å². The van der Waals surface area contributed by atoms with Crippen molar-refractivity contribution in [2.45, 2.75) is 45.4 Å². The molecule has 0 spiro atoms. The van der Waals surface area contributed by atoms with Crippen molar-refractivity contribution in [2.24, 2.45) is 0 Å². The molecule has 0 N–H and O–H groups in total. The maximum absolute atomic E-state index is 5.19. The maximum atomic E-state index is 5.19. The summed E-state index contributed by atoms with van der Waals surface area (Å²) in [6, 6.07) is 17.5. The van der Waals surface area contributed by atoms with Crippen LogP contribution >= 0.6 is 0 Å². The van der Waals surface area contributed by atoms with Crippen LogP contribution in [0.3, 0.4) is 0 Å². The van der Waals surface area contributed by atoms with E-state index in [9.17, 15) is 0 Å². The second-order valence-electron chi connectivity index (χ2n) is 5.62. The number of hydrogen-bond acceptors (Lipinski definition) is 1. The van der Waals surface area contributed by atoms with Gasteiger partial charge in [0.05, 0.1) is 7.11 Å². The van der Waals surface area contributed by atoms with Gasteiger partial charge in [-0.2, -0.15) is 0 Å². The van der Waals surface area contributed by atoms with E-state index in [1.54, 1.807) is 7.11 Å². The van der Waals surface area contributed by atoms with Gasteiger partial charge in [-0.1, -0.05) is 56.2 Å². The summed E-state index contributed by atoms with van der Waals surface area (Å²) >= 11 is 0. The molecular weight excluding hydrogens is 256 g/mol. The molecule has 1 nitrogen and oxygen atoms in total. The molecule has 0 saturated heterocycles. The molecule has 0 aliphatic carbocycles. The lowest BCUT2D eigenvalue weighted by Gasteiger charge is -2.06. The zero-order valence-corrected chi connectivity index (χ0v) is 13.3. The van der Waals surface area contributed by atoms with Crippen LogP contribution in [-0.4, -0.2) is 7.11 Å². The Morgan fingerprint density at radius 2 is 1.14 bits per heavy atom. The van der Waals surface area contributed by atoms with Gasteiger partial charge in [-0.05, 0) is 54.5 Å². The lowest BCUT2D eigenvalue weighted by molar-refractivity contribution is 0.414. The first-order valence-electron chi connectivity index (χ1n) is 8.02. The predicted molar refractivity (Wildman–Crippen MR) is 90.1 cm³/mol. The topological polar surface area (TPSA) is 9.23 Å². The predicted octanol–water partition coefficient (Wildman–Crippen LogP) is 5.21. The van der Waals surface area contributed by atoms with Gasteiger partial charge in [0, 0.05) is 0 Å². The molecule has 2 rings (SSSR count). The van der Waals surface area contributed by atoms with Crippen LogP contribution in [0, 0.1) is 0 Å². The van der Waals surface area contributed by atoms with Gasteiger partial charge in [0.15, 0.2) is 0 Å². The number of rotatable bonds is 8. The Bertz CT molecular complexity index is 511. The highest BCUT2D eigenvalue weighted by Gasteiger charge is 1.98. The molecule has 0 saturated carbocycles. The third kappa shape index (κ3) is 5.26. The van der Waals surface area contributed by atoms with Crippen LogP contribution in [0.5, 0.6) is 5.75 Å². The largest absolute Gasteiger partial charge is 0.497 e. The van der Waals surface area contributed by atoms with Crippen molar-refractivity contribution >= 4 is 0 Å². The first-order chi connectivity index (χ1) is 10.3. The van der Waals surface area contributed by atoms with E-state index in [4.69, 9.17) is 4.74 Å². The molecule has 0 bridgehead atoms. The third-order valence-electron chi connectivity index (χ3n) is 3.95. The van der Waals surface area contributed by atoms with Crippen LogP contribution in [0.1, 0.15) is 42.9 Å². The molecule has 0 amide bonds. The summed E-state index contributed by atoms with van der Waals surface area (Å²) in [4.78, 5) is 0. The van der Waals surface area contributed by atoms with Gasteiger partial charge < -0.3 is 4.74 Å². The van der Waals surface area contributed by atoms with E-state index in [0.717, 1.165) is 18.6 Å². The molecule has 0 aliphatic heterocycles. The molecule has 0 radical (unpaired) electrons. The summed E-state index contributed by atoms with van der Waals surface area (Å²) < 4.78 is 5.19. The summed E-state index contributed by atoms with van der Waals surface area (Å²) in [5, 5.41) is 0. The molecular formula is C20H26O. The van der Waals surface area contributed by atoms with Crippen LogP contribution in [0.2, 0.25) is 0 Å². The molecule has 0 heterocycles. The van der Waals surface area contributed by atoms with E-state index in [1.807, 2.05) is 12.1 Å².